The third-order valence-corrected chi connectivity index (χ3v) is 4.55. The lowest BCUT2D eigenvalue weighted by Crippen LogP contribution is -2.52. The molecule has 0 spiro atoms. The van der Waals surface area contributed by atoms with Gasteiger partial charge < -0.3 is 4.90 Å². The molecule has 1 saturated carbocycles. The van der Waals surface area contributed by atoms with Gasteiger partial charge in [0.15, 0.2) is 0 Å². The van der Waals surface area contributed by atoms with Gasteiger partial charge in [0, 0.05) is 12.1 Å². The third-order valence-electron chi connectivity index (χ3n) is 4.14. The predicted molar refractivity (Wildman–Crippen MR) is 72.2 cm³/mol. The fourth-order valence-electron chi connectivity index (χ4n) is 3.45. The second-order valence-electron chi connectivity index (χ2n) is 5.68. The van der Waals surface area contributed by atoms with Crippen LogP contribution in [0.3, 0.4) is 0 Å². The van der Waals surface area contributed by atoms with Crippen LogP contribution in [-0.4, -0.2) is 29.8 Å². The first kappa shape index (κ1) is 11.4. The van der Waals surface area contributed by atoms with Crippen molar-refractivity contribution >= 4 is 25.1 Å². The van der Waals surface area contributed by atoms with Gasteiger partial charge in [-0.05, 0) is 39.0 Å². The second-order valence-corrected chi connectivity index (χ2v) is 6.15. The van der Waals surface area contributed by atoms with E-state index >= 15 is 0 Å². The Hall–Kier alpha value is -0.0451. The molecule has 2 rings (SSSR count). The van der Waals surface area contributed by atoms with Crippen molar-refractivity contribution in [2.75, 3.05) is 0 Å². The molecule has 1 aliphatic heterocycles. The summed E-state index contributed by atoms with van der Waals surface area (Å²) >= 11 is 5.53. The molecule has 3 atom stereocenters. The minimum atomic E-state index is 0.596. The molecule has 1 nitrogen and oxygen atoms in total. The van der Waals surface area contributed by atoms with E-state index in [2.05, 4.69) is 26.6 Å². The number of hydrogen-bond donors (Lipinski definition) is 0. The summed E-state index contributed by atoms with van der Waals surface area (Å²) in [6, 6.07) is 1.36. The van der Waals surface area contributed by atoms with Crippen LogP contribution in [0, 0.1) is 5.92 Å². The zero-order chi connectivity index (χ0) is 11.0. The number of hydrogen-bond acceptors (Lipinski definition) is 1. The summed E-state index contributed by atoms with van der Waals surface area (Å²) < 4.78 is 0. The largest absolute Gasteiger partial charge is 0.360 e. The van der Waals surface area contributed by atoms with Gasteiger partial charge in [0.1, 0.15) is 7.85 Å². The normalized spacial score (nSPS) is 36.9. The second kappa shape index (κ2) is 4.44. The number of thiocarbonyl (C=S) groups is 1. The van der Waals surface area contributed by atoms with Crippen LogP contribution in [0.4, 0.5) is 0 Å². The number of fused-ring (bicyclic) bond motifs is 1. The Labute approximate surface area is 100 Å². The average molecular weight is 223 g/mol. The molecule has 0 radical (unpaired) electrons. The lowest BCUT2D eigenvalue weighted by Gasteiger charge is -2.49. The van der Waals surface area contributed by atoms with Gasteiger partial charge in [-0.2, -0.15) is 0 Å². The van der Waals surface area contributed by atoms with Crippen molar-refractivity contribution in [2.45, 2.75) is 63.9 Å². The van der Waals surface area contributed by atoms with Gasteiger partial charge in [0.05, 0.1) is 4.99 Å². The van der Waals surface area contributed by atoms with Crippen LogP contribution in [0.2, 0.25) is 5.82 Å². The molecular weight excluding hydrogens is 201 g/mol. The maximum atomic E-state index is 5.53. The molecule has 1 aliphatic carbocycles. The van der Waals surface area contributed by atoms with Crippen molar-refractivity contribution in [3.63, 3.8) is 0 Å². The maximum Gasteiger partial charge on any atom is 0.105 e. The zero-order valence-electron chi connectivity index (χ0n) is 10.2. The summed E-state index contributed by atoms with van der Waals surface area (Å²) in [6.07, 6.45) is 6.69. The van der Waals surface area contributed by atoms with Crippen LogP contribution in [0.15, 0.2) is 0 Å². The van der Waals surface area contributed by atoms with Crippen molar-refractivity contribution in [3.8, 4) is 0 Å². The molecule has 84 valence electrons. The minimum Gasteiger partial charge on any atom is -0.360 e. The molecule has 0 amide bonds. The van der Waals surface area contributed by atoms with E-state index in [1.165, 1.54) is 30.7 Å². The molecule has 2 aliphatic rings. The third kappa shape index (κ3) is 2.22. The molecule has 0 N–H and O–H groups in total. The van der Waals surface area contributed by atoms with E-state index < -0.39 is 0 Å². The van der Waals surface area contributed by atoms with Gasteiger partial charge in [0.2, 0.25) is 0 Å². The van der Waals surface area contributed by atoms with Crippen LogP contribution >= 0.6 is 12.2 Å². The summed E-state index contributed by atoms with van der Waals surface area (Å²) in [6.45, 7) is 4.57. The number of piperidine rings is 1. The maximum absolute atomic E-state index is 5.53. The molecule has 3 heteroatoms. The lowest BCUT2D eigenvalue weighted by molar-refractivity contribution is 0.120. The Balaban J connectivity index is 2.12. The Bertz CT molecular complexity index is 254. The van der Waals surface area contributed by atoms with Crippen molar-refractivity contribution in [3.05, 3.63) is 0 Å². The van der Waals surface area contributed by atoms with E-state index in [1.54, 1.807) is 0 Å². The molecule has 0 bridgehead atoms. The SMILES string of the molecule is BC1CCC2C(CCC(=S)N2C(C)C)C1. The number of likely N-dealkylation sites (tertiary alicyclic amines) is 1. The van der Waals surface area contributed by atoms with Gasteiger partial charge in [-0.15, -0.1) is 0 Å². The summed E-state index contributed by atoms with van der Waals surface area (Å²) in [7, 11) is 2.41. The van der Waals surface area contributed by atoms with E-state index in [-0.39, 0.29) is 0 Å². The molecule has 3 unspecified atom stereocenters. The number of nitrogens with zero attached hydrogens (tertiary/aromatic N) is 1. The van der Waals surface area contributed by atoms with Crippen molar-refractivity contribution in [2.24, 2.45) is 5.92 Å². The van der Waals surface area contributed by atoms with Gasteiger partial charge in [-0.3, -0.25) is 0 Å². The van der Waals surface area contributed by atoms with Crippen LogP contribution in [-0.2, 0) is 0 Å². The smallest absolute Gasteiger partial charge is 0.105 e. The van der Waals surface area contributed by atoms with E-state index in [0.717, 1.165) is 24.2 Å². The van der Waals surface area contributed by atoms with E-state index in [0.29, 0.717) is 6.04 Å². The summed E-state index contributed by atoms with van der Waals surface area (Å²) in [5.74, 6) is 1.86. The van der Waals surface area contributed by atoms with Crippen molar-refractivity contribution < 1.29 is 0 Å². The first-order valence-corrected chi connectivity index (χ1v) is 6.81. The van der Waals surface area contributed by atoms with Gasteiger partial charge in [0.25, 0.3) is 0 Å². The predicted octanol–water partition coefficient (Wildman–Crippen LogP) is 2.41. The van der Waals surface area contributed by atoms with Crippen LogP contribution < -0.4 is 0 Å². The molecule has 1 heterocycles. The molecule has 0 aromatic rings. The molecule has 2 fully saturated rings. The van der Waals surface area contributed by atoms with Crippen molar-refractivity contribution in [1.82, 2.24) is 4.90 Å². The van der Waals surface area contributed by atoms with Crippen LogP contribution in [0.1, 0.15) is 46.0 Å². The monoisotopic (exact) mass is 223 g/mol. The highest BCUT2D eigenvalue weighted by Crippen LogP contribution is 2.40. The van der Waals surface area contributed by atoms with E-state index in [9.17, 15) is 0 Å². The van der Waals surface area contributed by atoms with E-state index in [4.69, 9.17) is 12.2 Å². The van der Waals surface area contributed by atoms with Gasteiger partial charge in [-0.25, -0.2) is 0 Å². The zero-order valence-corrected chi connectivity index (χ0v) is 11.0. The highest BCUT2D eigenvalue weighted by Gasteiger charge is 2.37. The summed E-state index contributed by atoms with van der Waals surface area (Å²) in [5.41, 5.74) is 0. The summed E-state index contributed by atoms with van der Waals surface area (Å²) in [4.78, 5) is 3.76. The first-order chi connectivity index (χ1) is 7.09. The van der Waals surface area contributed by atoms with Crippen molar-refractivity contribution in [1.29, 1.82) is 0 Å². The summed E-state index contributed by atoms with van der Waals surface area (Å²) in [5, 5.41) is 0. The van der Waals surface area contributed by atoms with Crippen LogP contribution in [0.5, 0.6) is 0 Å². The Kier molecular flexibility index (Phi) is 3.39. The molecule has 15 heavy (non-hydrogen) atoms. The first-order valence-electron chi connectivity index (χ1n) is 6.40. The Morgan fingerprint density at radius 1 is 1.33 bits per heavy atom. The fraction of sp³-hybridized carbons (Fsp3) is 0.917. The Morgan fingerprint density at radius 3 is 2.73 bits per heavy atom. The quantitative estimate of drug-likeness (QED) is 0.496. The topological polar surface area (TPSA) is 3.24 Å². The highest BCUT2D eigenvalue weighted by molar-refractivity contribution is 7.80. The fourth-order valence-corrected chi connectivity index (χ4v) is 3.92. The standard InChI is InChI=1S/C12H22BNS/c1-8(2)14-11-5-4-10(13)7-9(11)3-6-12(14)15/h8-11H,3-7,13H2,1-2H3. The number of rotatable bonds is 1. The average Bonchev–Trinajstić information content (AvgIpc) is 2.17. The van der Waals surface area contributed by atoms with Crippen LogP contribution in [0.25, 0.3) is 0 Å². The molecule has 0 aromatic carbocycles. The minimum absolute atomic E-state index is 0.596. The molecular formula is C12H22BNS. The lowest BCUT2D eigenvalue weighted by atomic mass is 9.66. The molecule has 0 aromatic heterocycles. The highest BCUT2D eigenvalue weighted by atomic mass is 32.1. The van der Waals surface area contributed by atoms with Gasteiger partial charge in [-0.1, -0.05) is 30.9 Å². The Morgan fingerprint density at radius 2 is 2.07 bits per heavy atom. The van der Waals surface area contributed by atoms with E-state index in [1.807, 2.05) is 0 Å². The van der Waals surface area contributed by atoms with Gasteiger partial charge >= 0.3 is 0 Å². The molecule has 1 saturated heterocycles.